The molecule has 37 heavy (non-hydrogen) atoms. The Morgan fingerprint density at radius 3 is 1.24 bits per heavy atom. The number of aromatic hydroxyl groups is 2. The molecule has 2 aromatic carbocycles. The van der Waals surface area contributed by atoms with Crippen molar-refractivity contribution in [3.63, 3.8) is 0 Å². The van der Waals surface area contributed by atoms with E-state index < -0.39 is 0 Å². The van der Waals surface area contributed by atoms with Gasteiger partial charge in [0.25, 0.3) is 0 Å². The van der Waals surface area contributed by atoms with Gasteiger partial charge in [0.05, 0.1) is 0 Å². The Balaban J connectivity index is 1.72. The first-order valence-electron chi connectivity index (χ1n) is 14.6. The van der Waals surface area contributed by atoms with E-state index in [-0.39, 0.29) is 26.7 Å². The lowest BCUT2D eigenvalue weighted by molar-refractivity contribution is 0.435. The molecule has 0 spiro atoms. The summed E-state index contributed by atoms with van der Waals surface area (Å²) in [6, 6.07) is 9.07. The quantitative estimate of drug-likeness (QED) is 0.358. The van der Waals surface area contributed by atoms with Crippen molar-refractivity contribution in [1.29, 1.82) is 0 Å². The van der Waals surface area contributed by atoms with Crippen LogP contribution in [0.5, 0.6) is 11.5 Å². The zero-order chi connectivity index (χ0) is 26.8. The van der Waals surface area contributed by atoms with E-state index in [1.165, 1.54) is 74.3 Å². The van der Waals surface area contributed by atoms with Crippen molar-refractivity contribution in [1.82, 2.24) is 0 Å². The fourth-order valence-electron chi connectivity index (χ4n) is 6.07. The van der Waals surface area contributed by atoms with Gasteiger partial charge in [0.1, 0.15) is 11.5 Å². The molecule has 2 heterocycles. The molecule has 0 unspecified atom stereocenters. The van der Waals surface area contributed by atoms with Crippen molar-refractivity contribution >= 4 is 15.8 Å². The SMILES string of the molecule is CC(C)(C)c1cc(CP2CCCCC2)cc(Cc2cc(CP3CCCCC3)cc(C(C)(C)C)c2O)c1O. The van der Waals surface area contributed by atoms with Gasteiger partial charge in [-0.1, -0.05) is 78.6 Å². The van der Waals surface area contributed by atoms with Gasteiger partial charge in [-0.3, -0.25) is 0 Å². The first-order chi connectivity index (χ1) is 17.4. The van der Waals surface area contributed by atoms with E-state index in [1.807, 2.05) is 0 Å². The van der Waals surface area contributed by atoms with Crippen molar-refractivity contribution in [3.05, 3.63) is 57.6 Å². The predicted octanol–water partition coefficient (Wildman–Crippen LogP) is 9.62. The van der Waals surface area contributed by atoms with E-state index in [9.17, 15) is 10.2 Å². The molecule has 204 valence electrons. The van der Waals surface area contributed by atoms with E-state index in [0.29, 0.717) is 17.9 Å². The maximum absolute atomic E-state index is 11.5. The Hall–Kier alpha value is -1.10. The molecule has 0 aromatic heterocycles. The molecule has 4 rings (SSSR count). The third kappa shape index (κ3) is 7.51. The Kier molecular flexibility index (Phi) is 9.34. The third-order valence-electron chi connectivity index (χ3n) is 8.20. The van der Waals surface area contributed by atoms with E-state index in [0.717, 1.165) is 34.6 Å². The molecule has 2 fully saturated rings. The lowest BCUT2D eigenvalue weighted by atomic mass is 9.81. The molecule has 0 amide bonds. The molecule has 0 radical (unpaired) electrons. The Morgan fingerprint density at radius 2 is 0.919 bits per heavy atom. The fourth-order valence-corrected chi connectivity index (χ4v) is 11.2. The Labute approximate surface area is 229 Å². The summed E-state index contributed by atoms with van der Waals surface area (Å²) in [5.41, 5.74) is 6.55. The first kappa shape index (κ1) is 28.9. The van der Waals surface area contributed by atoms with Gasteiger partial charge in [0, 0.05) is 6.42 Å². The van der Waals surface area contributed by atoms with Gasteiger partial charge >= 0.3 is 0 Å². The Bertz CT molecular complexity index is 980. The summed E-state index contributed by atoms with van der Waals surface area (Å²) < 4.78 is 0. The van der Waals surface area contributed by atoms with Crippen LogP contribution >= 0.6 is 15.8 Å². The second-order valence-electron chi connectivity index (χ2n) is 13.7. The lowest BCUT2D eigenvalue weighted by Crippen LogP contribution is -2.14. The molecule has 0 bridgehead atoms. The van der Waals surface area contributed by atoms with Crippen molar-refractivity contribution in [2.24, 2.45) is 0 Å². The Morgan fingerprint density at radius 1 is 0.568 bits per heavy atom. The highest BCUT2D eigenvalue weighted by Gasteiger charge is 2.26. The number of benzene rings is 2. The maximum Gasteiger partial charge on any atom is 0.122 e. The van der Waals surface area contributed by atoms with Crippen LogP contribution in [-0.2, 0) is 29.6 Å². The van der Waals surface area contributed by atoms with Crippen LogP contribution in [0.2, 0.25) is 0 Å². The van der Waals surface area contributed by atoms with E-state index in [4.69, 9.17) is 0 Å². The van der Waals surface area contributed by atoms with Gasteiger partial charge in [0.2, 0.25) is 0 Å². The molecular weight excluding hydrogens is 490 g/mol. The second kappa shape index (κ2) is 12.0. The normalized spacial score (nSPS) is 18.3. The topological polar surface area (TPSA) is 40.5 Å². The standard InChI is InChI=1S/C33H50O2P2/c1-32(2,3)28-19-24(22-36-13-9-7-10-14-36)17-26(30(28)34)21-27-18-25(23-37-15-11-8-12-16-37)20-29(31(27)35)33(4,5)6/h17-20,34-35H,7-16,21-23H2,1-6H3. The summed E-state index contributed by atoms with van der Waals surface area (Å²) >= 11 is 0. The van der Waals surface area contributed by atoms with Crippen LogP contribution < -0.4 is 0 Å². The number of rotatable bonds is 6. The van der Waals surface area contributed by atoms with Crippen LogP contribution in [0.25, 0.3) is 0 Å². The molecule has 4 heteroatoms. The van der Waals surface area contributed by atoms with Gasteiger partial charge in [0.15, 0.2) is 0 Å². The minimum absolute atomic E-state index is 0.0513. The average molecular weight is 541 g/mol. The summed E-state index contributed by atoms with van der Waals surface area (Å²) in [6.07, 6.45) is 16.7. The predicted molar refractivity (Wildman–Crippen MR) is 165 cm³/mol. The summed E-state index contributed by atoms with van der Waals surface area (Å²) in [5.74, 6) is 0.845. The summed E-state index contributed by atoms with van der Waals surface area (Å²) in [7, 11) is 0.103. The van der Waals surface area contributed by atoms with Gasteiger partial charge in [-0.2, -0.15) is 0 Å². The van der Waals surface area contributed by atoms with Gasteiger partial charge in [-0.25, -0.2) is 0 Å². The number of hydrogen-bond donors (Lipinski definition) is 2. The number of phenols is 2. The lowest BCUT2D eigenvalue weighted by Gasteiger charge is -2.28. The molecule has 2 nitrogen and oxygen atoms in total. The van der Waals surface area contributed by atoms with Crippen LogP contribution in [0.4, 0.5) is 0 Å². The van der Waals surface area contributed by atoms with Crippen LogP contribution in [0.15, 0.2) is 24.3 Å². The van der Waals surface area contributed by atoms with Crippen molar-refractivity contribution in [2.75, 3.05) is 24.6 Å². The molecule has 0 aliphatic carbocycles. The van der Waals surface area contributed by atoms with Crippen LogP contribution in [0, 0.1) is 0 Å². The summed E-state index contributed by atoms with van der Waals surface area (Å²) in [5, 5.41) is 23.0. The highest BCUT2D eigenvalue weighted by atomic mass is 31.1. The van der Waals surface area contributed by atoms with E-state index in [1.54, 1.807) is 0 Å². The summed E-state index contributed by atoms with van der Waals surface area (Å²) in [6.45, 7) is 13.2. The first-order valence-corrected chi connectivity index (χ1v) is 18.4. The van der Waals surface area contributed by atoms with Crippen molar-refractivity contribution < 1.29 is 10.2 Å². The molecule has 2 aliphatic heterocycles. The zero-order valence-electron chi connectivity index (χ0n) is 24.3. The molecule has 2 aliphatic rings. The molecule has 2 N–H and O–H groups in total. The van der Waals surface area contributed by atoms with E-state index in [2.05, 4.69) is 65.8 Å². The van der Waals surface area contributed by atoms with Crippen LogP contribution in [-0.4, -0.2) is 34.9 Å². The molecule has 0 saturated carbocycles. The zero-order valence-corrected chi connectivity index (χ0v) is 26.1. The van der Waals surface area contributed by atoms with E-state index >= 15 is 0 Å². The van der Waals surface area contributed by atoms with Crippen molar-refractivity contribution in [3.8, 4) is 11.5 Å². The fraction of sp³-hybridized carbons (Fsp3) is 0.636. The van der Waals surface area contributed by atoms with Crippen LogP contribution in [0.1, 0.15) is 113 Å². The number of phenolic OH excluding ortho intramolecular Hbond substituents is 2. The number of hydrogen-bond acceptors (Lipinski definition) is 2. The highest BCUT2D eigenvalue weighted by molar-refractivity contribution is 7.57. The molecular formula is C33H50O2P2. The minimum atomic E-state index is -0.126. The van der Waals surface area contributed by atoms with Gasteiger partial charge in [-0.05, 0) is 107 Å². The minimum Gasteiger partial charge on any atom is -0.507 e. The van der Waals surface area contributed by atoms with Gasteiger partial charge in [-0.15, -0.1) is 15.8 Å². The molecule has 2 aromatic rings. The van der Waals surface area contributed by atoms with Gasteiger partial charge < -0.3 is 10.2 Å². The molecule has 0 atom stereocenters. The van der Waals surface area contributed by atoms with Crippen molar-refractivity contribution in [2.45, 2.75) is 110 Å². The molecule has 2 saturated heterocycles. The maximum atomic E-state index is 11.5. The third-order valence-corrected chi connectivity index (χ3v) is 13.6. The highest BCUT2D eigenvalue weighted by Crippen LogP contribution is 2.48. The average Bonchev–Trinajstić information content (AvgIpc) is 2.83. The largest absolute Gasteiger partial charge is 0.507 e. The monoisotopic (exact) mass is 540 g/mol. The summed E-state index contributed by atoms with van der Waals surface area (Å²) in [4.78, 5) is 0. The second-order valence-corrected chi connectivity index (χ2v) is 18.8. The van der Waals surface area contributed by atoms with Crippen LogP contribution in [0.3, 0.4) is 0 Å². The smallest absolute Gasteiger partial charge is 0.122 e.